The van der Waals surface area contributed by atoms with Crippen LogP contribution in [0.15, 0.2) is 12.4 Å². The Labute approximate surface area is 105 Å². The Morgan fingerprint density at radius 3 is 2.62 bits per heavy atom. The second-order valence-electron chi connectivity index (χ2n) is 4.71. The van der Waals surface area contributed by atoms with Crippen LogP contribution in [0.3, 0.4) is 0 Å². The van der Waals surface area contributed by atoms with Crippen molar-refractivity contribution in [3.63, 3.8) is 0 Å². The molecule has 1 aliphatic rings. The summed E-state index contributed by atoms with van der Waals surface area (Å²) in [6.07, 6.45) is 6.37. The van der Waals surface area contributed by atoms with Gasteiger partial charge in [-0.3, -0.25) is 0 Å². The van der Waals surface area contributed by atoms with Crippen LogP contribution in [0.4, 0.5) is 5.95 Å². The Balaban J connectivity index is 2.15. The number of piperidine rings is 1. The van der Waals surface area contributed by atoms with Gasteiger partial charge in [0.15, 0.2) is 0 Å². The van der Waals surface area contributed by atoms with Crippen LogP contribution in [0, 0.1) is 5.92 Å². The summed E-state index contributed by atoms with van der Waals surface area (Å²) in [5.74, 6) is 1.62. The molecule has 3 nitrogen and oxygen atoms in total. The van der Waals surface area contributed by atoms with Crippen molar-refractivity contribution in [2.45, 2.75) is 38.1 Å². The number of alkyl halides is 1. The van der Waals surface area contributed by atoms with Gasteiger partial charge in [0.1, 0.15) is 0 Å². The number of hydrogen-bond acceptors (Lipinski definition) is 3. The van der Waals surface area contributed by atoms with Crippen molar-refractivity contribution >= 4 is 21.9 Å². The van der Waals surface area contributed by atoms with E-state index < -0.39 is 0 Å². The average Bonchev–Trinajstić information content (AvgIpc) is 2.32. The minimum Gasteiger partial charge on any atom is -0.338 e. The van der Waals surface area contributed by atoms with E-state index in [9.17, 15) is 0 Å². The molecular formula is C12H18BrN3. The zero-order valence-electron chi connectivity index (χ0n) is 9.86. The van der Waals surface area contributed by atoms with E-state index in [0.29, 0.717) is 6.04 Å². The van der Waals surface area contributed by atoms with Gasteiger partial charge in [0.05, 0.1) is 0 Å². The van der Waals surface area contributed by atoms with Crippen LogP contribution in [0.5, 0.6) is 0 Å². The van der Waals surface area contributed by atoms with Crippen LogP contribution >= 0.6 is 15.9 Å². The standard InChI is InChI=1S/C12H18BrN3/c1-9-3-4-10(2)16(8-9)12-14-6-11(5-13)7-15-12/h6-7,9-10H,3-5,8H2,1-2H3. The molecule has 2 rings (SSSR count). The number of rotatable bonds is 2. The molecular weight excluding hydrogens is 266 g/mol. The molecule has 0 N–H and O–H groups in total. The van der Waals surface area contributed by atoms with Crippen LogP contribution in [0.25, 0.3) is 0 Å². The third kappa shape index (κ3) is 2.54. The molecule has 2 heterocycles. The molecule has 1 aromatic rings. The first-order chi connectivity index (χ1) is 7.70. The maximum absolute atomic E-state index is 4.44. The Morgan fingerprint density at radius 1 is 1.31 bits per heavy atom. The molecule has 2 atom stereocenters. The van der Waals surface area contributed by atoms with Crippen LogP contribution in [-0.2, 0) is 5.33 Å². The lowest BCUT2D eigenvalue weighted by Crippen LogP contribution is -2.42. The van der Waals surface area contributed by atoms with Crippen LogP contribution < -0.4 is 4.90 Å². The highest BCUT2D eigenvalue weighted by atomic mass is 79.9. The fraction of sp³-hybridized carbons (Fsp3) is 0.667. The highest BCUT2D eigenvalue weighted by Crippen LogP contribution is 2.24. The lowest BCUT2D eigenvalue weighted by molar-refractivity contribution is 0.385. The summed E-state index contributed by atoms with van der Waals surface area (Å²) in [5.41, 5.74) is 1.13. The fourth-order valence-corrected chi connectivity index (χ4v) is 2.42. The quantitative estimate of drug-likeness (QED) is 0.782. The third-order valence-corrected chi connectivity index (χ3v) is 3.87. The summed E-state index contributed by atoms with van der Waals surface area (Å²) in [6.45, 7) is 5.63. The molecule has 0 spiro atoms. The van der Waals surface area contributed by atoms with Crippen molar-refractivity contribution < 1.29 is 0 Å². The van der Waals surface area contributed by atoms with E-state index in [-0.39, 0.29) is 0 Å². The molecule has 0 aliphatic carbocycles. The van der Waals surface area contributed by atoms with Crippen molar-refractivity contribution in [2.75, 3.05) is 11.4 Å². The Hall–Kier alpha value is -0.640. The van der Waals surface area contributed by atoms with Crippen molar-refractivity contribution in [1.82, 2.24) is 9.97 Å². The molecule has 4 heteroatoms. The van der Waals surface area contributed by atoms with E-state index in [1.54, 1.807) is 0 Å². The normalized spacial score (nSPS) is 25.8. The van der Waals surface area contributed by atoms with Crippen LogP contribution in [-0.4, -0.2) is 22.6 Å². The monoisotopic (exact) mass is 283 g/mol. The molecule has 2 unspecified atom stereocenters. The van der Waals surface area contributed by atoms with Crippen molar-refractivity contribution in [3.05, 3.63) is 18.0 Å². The Kier molecular flexibility index (Phi) is 3.79. The first-order valence-electron chi connectivity index (χ1n) is 5.84. The summed E-state index contributed by atoms with van der Waals surface area (Å²) in [6, 6.07) is 0.561. The van der Waals surface area contributed by atoms with Gasteiger partial charge in [-0.2, -0.15) is 0 Å². The van der Waals surface area contributed by atoms with E-state index in [2.05, 4.69) is 44.6 Å². The topological polar surface area (TPSA) is 29.0 Å². The molecule has 0 amide bonds. The lowest BCUT2D eigenvalue weighted by Gasteiger charge is -2.36. The van der Waals surface area contributed by atoms with Crippen molar-refractivity contribution in [2.24, 2.45) is 5.92 Å². The molecule has 0 bridgehead atoms. The molecule has 0 saturated carbocycles. The van der Waals surface area contributed by atoms with E-state index in [1.165, 1.54) is 12.8 Å². The predicted octanol–water partition coefficient (Wildman–Crippen LogP) is 3.00. The summed E-state index contributed by atoms with van der Waals surface area (Å²) in [5, 5.41) is 0.819. The number of aromatic nitrogens is 2. The van der Waals surface area contributed by atoms with Crippen LogP contribution in [0.2, 0.25) is 0 Å². The van der Waals surface area contributed by atoms with Crippen molar-refractivity contribution in [3.8, 4) is 0 Å². The van der Waals surface area contributed by atoms with Gasteiger partial charge >= 0.3 is 0 Å². The van der Waals surface area contributed by atoms with E-state index >= 15 is 0 Å². The Bertz CT molecular complexity index is 339. The number of hydrogen-bond donors (Lipinski definition) is 0. The highest BCUT2D eigenvalue weighted by molar-refractivity contribution is 9.08. The SMILES string of the molecule is CC1CCC(C)N(c2ncc(CBr)cn2)C1. The number of nitrogens with zero attached hydrogens (tertiary/aromatic N) is 3. The van der Waals surface area contributed by atoms with Gasteiger partial charge in [-0.15, -0.1) is 0 Å². The first-order valence-corrected chi connectivity index (χ1v) is 6.96. The molecule has 1 saturated heterocycles. The van der Waals surface area contributed by atoms with Crippen LogP contribution in [0.1, 0.15) is 32.3 Å². The number of halogens is 1. The van der Waals surface area contributed by atoms with E-state index in [4.69, 9.17) is 0 Å². The van der Waals surface area contributed by atoms with E-state index in [1.807, 2.05) is 12.4 Å². The zero-order valence-corrected chi connectivity index (χ0v) is 11.4. The molecule has 0 radical (unpaired) electrons. The van der Waals surface area contributed by atoms with Gasteiger partial charge in [-0.25, -0.2) is 9.97 Å². The molecule has 88 valence electrons. The summed E-state index contributed by atoms with van der Waals surface area (Å²) < 4.78 is 0. The molecule has 1 aliphatic heterocycles. The summed E-state index contributed by atoms with van der Waals surface area (Å²) in [7, 11) is 0. The second-order valence-corrected chi connectivity index (χ2v) is 5.27. The summed E-state index contributed by atoms with van der Waals surface area (Å²) in [4.78, 5) is 11.2. The lowest BCUT2D eigenvalue weighted by atomic mass is 9.95. The minimum absolute atomic E-state index is 0.561. The second kappa shape index (κ2) is 5.13. The summed E-state index contributed by atoms with van der Waals surface area (Å²) >= 11 is 3.41. The third-order valence-electron chi connectivity index (χ3n) is 3.22. The van der Waals surface area contributed by atoms with Gasteiger partial charge in [0.25, 0.3) is 0 Å². The highest BCUT2D eigenvalue weighted by Gasteiger charge is 2.24. The first kappa shape index (κ1) is 11.8. The maximum atomic E-state index is 4.44. The molecule has 16 heavy (non-hydrogen) atoms. The fourth-order valence-electron chi connectivity index (χ4n) is 2.13. The number of anilines is 1. The predicted molar refractivity (Wildman–Crippen MR) is 69.9 cm³/mol. The minimum atomic E-state index is 0.561. The smallest absolute Gasteiger partial charge is 0.225 e. The van der Waals surface area contributed by atoms with Gasteiger partial charge in [-0.1, -0.05) is 22.9 Å². The Morgan fingerprint density at radius 2 is 2.00 bits per heavy atom. The van der Waals surface area contributed by atoms with Gasteiger partial charge in [0, 0.05) is 30.3 Å². The largest absolute Gasteiger partial charge is 0.338 e. The molecule has 1 aromatic heterocycles. The van der Waals surface area contributed by atoms with Gasteiger partial charge in [-0.05, 0) is 31.2 Å². The van der Waals surface area contributed by atoms with E-state index in [0.717, 1.165) is 29.3 Å². The maximum Gasteiger partial charge on any atom is 0.225 e. The van der Waals surface area contributed by atoms with Gasteiger partial charge in [0.2, 0.25) is 5.95 Å². The zero-order chi connectivity index (χ0) is 11.5. The van der Waals surface area contributed by atoms with Gasteiger partial charge < -0.3 is 4.90 Å². The molecule has 1 fully saturated rings. The molecule has 0 aromatic carbocycles. The van der Waals surface area contributed by atoms with Crippen molar-refractivity contribution in [1.29, 1.82) is 0 Å². The average molecular weight is 284 g/mol.